The molecule has 4 N–H and O–H groups in total. The van der Waals surface area contributed by atoms with Gasteiger partial charge >= 0.3 is 0 Å². The molecule has 1 rings (SSSR count). The van der Waals surface area contributed by atoms with Crippen LogP contribution in [0.5, 0.6) is 0 Å². The highest BCUT2D eigenvalue weighted by atomic mass is 16.1. The van der Waals surface area contributed by atoms with Crippen LogP contribution in [-0.4, -0.2) is 30.5 Å². The number of anilines is 1. The first-order chi connectivity index (χ1) is 8.91. The fourth-order valence-corrected chi connectivity index (χ4v) is 1.95. The van der Waals surface area contributed by atoms with Gasteiger partial charge in [-0.1, -0.05) is 20.8 Å². The Balaban J connectivity index is 3.09. The highest BCUT2D eigenvalue weighted by Crippen LogP contribution is 2.22. The Morgan fingerprint density at radius 3 is 2.68 bits per heavy atom. The molecule has 0 saturated carbocycles. The van der Waals surface area contributed by atoms with Crippen molar-refractivity contribution in [2.24, 2.45) is 16.9 Å². The lowest BCUT2D eigenvalue weighted by Gasteiger charge is -2.33. The molecule has 0 atom stereocenters. The fraction of sp³-hybridized carbons (Fsp3) is 0.571. The van der Waals surface area contributed by atoms with Crippen molar-refractivity contribution in [2.45, 2.75) is 27.2 Å². The van der Waals surface area contributed by atoms with Crippen LogP contribution in [0, 0.1) is 5.41 Å². The molecule has 5 heteroatoms. The molecule has 0 saturated heterocycles. The summed E-state index contributed by atoms with van der Waals surface area (Å²) in [7, 11) is 0. The number of rotatable bonds is 7. The van der Waals surface area contributed by atoms with Gasteiger partial charge in [-0.3, -0.25) is 4.79 Å². The smallest absolute Gasteiger partial charge is 0.252 e. The maximum atomic E-state index is 11.5. The van der Waals surface area contributed by atoms with Crippen molar-refractivity contribution in [2.75, 3.05) is 24.5 Å². The number of hydrogen-bond donors (Lipinski definition) is 2. The van der Waals surface area contributed by atoms with Crippen LogP contribution in [0.2, 0.25) is 0 Å². The predicted molar refractivity (Wildman–Crippen MR) is 78.1 cm³/mol. The molecule has 5 nitrogen and oxygen atoms in total. The van der Waals surface area contributed by atoms with Crippen molar-refractivity contribution in [1.29, 1.82) is 0 Å². The largest absolute Gasteiger partial charge is 0.365 e. The van der Waals surface area contributed by atoms with Crippen molar-refractivity contribution in [1.82, 2.24) is 4.98 Å². The number of carbonyl (C=O) groups excluding carboxylic acids is 1. The summed E-state index contributed by atoms with van der Waals surface area (Å²) in [6.07, 6.45) is 2.65. The molecule has 0 fully saturated rings. The van der Waals surface area contributed by atoms with E-state index in [4.69, 9.17) is 11.5 Å². The molecule has 0 aromatic carbocycles. The summed E-state index contributed by atoms with van der Waals surface area (Å²) in [4.78, 5) is 17.9. The minimum absolute atomic E-state index is 0.0401. The maximum Gasteiger partial charge on any atom is 0.252 e. The van der Waals surface area contributed by atoms with Gasteiger partial charge in [0.1, 0.15) is 5.82 Å². The second-order valence-electron chi connectivity index (χ2n) is 5.53. The Hall–Kier alpha value is -1.62. The highest BCUT2D eigenvalue weighted by molar-refractivity contribution is 5.97. The van der Waals surface area contributed by atoms with Gasteiger partial charge in [-0.15, -0.1) is 0 Å². The molecule has 106 valence electrons. The molecule has 0 unspecified atom stereocenters. The molecule has 1 heterocycles. The molecular formula is C14H24N4O. The second-order valence-corrected chi connectivity index (χ2v) is 5.53. The molecule has 1 aromatic heterocycles. The minimum Gasteiger partial charge on any atom is -0.365 e. The van der Waals surface area contributed by atoms with E-state index >= 15 is 0 Å². The van der Waals surface area contributed by atoms with Crippen molar-refractivity contribution >= 4 is 11.7 Å². The summed E-state index contributed by atoms with van der Waals surface area (Å²) >= 11 is 0. The van der Waals surface area contributed by atoms with Gasteiger partial charge in [-0.05, 0) is 30.5 Å². The summed E-state index contributed by atoms with van der Waals surface area (Å²) < 4.78 is 0. The van der Waals surface area contributed by atoms with E-state index in [-0.39, 0.29) is 5.41 Å². The Labute approximate surface area is 115 Å². The molecule has 1 aromatic rings. The van der Waals surface area contributed by atoms with E-state index in [0.29, 0.717) is 17.9 Å². The lowest BCUT2D eigenvalue weighted by atomic mass is 9.93. The average molecular weight is 264 g/mol. The van der Waals surface area contributed by atoms with Gasteiger partial charge < -0.3 is 16.4 Å². The molecule has 0 bridgehead atoms. The Kier molecular flexibility index (Phi) is 5.30. The molecule has 0 aliphatic rings. The fourth-order valence-electron chi connectivity index (χ4n) is 1.95. The topological polar surface area (TPSA) is 85.2 Å². The molecular weight excluding hydrogens is 240 g/mol. The molecule has 0 aliphatic carbocycles. The van der Waals surface area contributed by atoms with Crippen LogP contribution in [0.1, 0.15) is 37.6 Å². The Morgan fingerprint density at radius 2 is 2.16 bits per heavy atom. The lowest BCUT2D eigenvalue weighted by Crippen LogP contribution is -2.40. The van der Waals surface area contributed by atoms with Crippen molar-refractivity contribution in [3.8, 4) is 0 Å². The molecule has 1 amide bonds. The third-order valence-electron chi connectivity index (χ3n) is 3.02. The monoisotopic (exact) mass is 264 g/mol. The average Bonchev–Trinajstić information content (AvgIpc) is 2.38. The van der Waals surface area contributed by atoms with Crippen LogP contribution in [0.3, 0.4) is 0 Å². The highest BCUT2D eigenvalue weighted by Gasteiger charge is 2.23. The predicted octanol–water partition coefficient (Wildman–Crippen LogP) is 1.38. The number of carbonyl (C=O) groups is 1. The Bertz CT molecular complexity index is 431. The van der Waals surface area contributed by atoms with E-state index in [1.807, 2.05) is 0 Å². The van der Waals surface area contributed by atoms with E-state index in [2.05, 4.69) is 30.7 Å². The van der Waals surface area contributed by atoms with Crippen LogP contribution < -0.4 is 16.4 Å². The van der Waals surface area contributed by atoms with Gasteiger partial charge in [0.2, 0.25) is 0 Å². The third kappa shape index (κ3) is 4.21. The summed E-state index contributed by atoms with van der Waals surface area (Å²) in [5.41, 5.74) is 11.6. The van der Waals surface area contributed by atoms with Crippen LogP contribution in [0.4, 0.5) is 5.82 Å². The van der Waals surface area contributed by atoms with Crippen molar-refractivity contribution < 1.29 is 4.79 Å². The zero-order valence-corrected chi connectivity index (χ0v) is 12.0. The van der Waals surface area contributed by atoms with Gasteiger partial charge in [0.05, 0.1) is 5.56 Å². The second kappa shape index (κ2) is 6.52. The number of nitrogens with zero attached hydrogens (tertiary/aromatic N) is 2. The molecule has 19 heavy (non-hydrogen) atoms. The van der Waals surface area contributed by atoms with Crippen LogP contribution in [0.25, 0.3) is 0 Å². The summed E-state index contributed by atoms with van der Waals surface area (Å²) in [6, 6.07) is 3.44. The lowest BCUT2D eigenvalue weighted by molar-refractivity contribution is 0.100. The van der Waals surface area contributed by atoms with E-state index in [1.165, 1.54) is 0 Å². The van der Waals surface area contributed by atoms with Gasteiger partial charge in [0.25, 0.3) is 5.91 Å². The van der Waals surface area contributed by atoms with Gasteiger partial charge in [-0.2, -0.15) is 0 Å². The van der Waals surface area contributed by atoms with E-state index < -0.39 is 5.91 Å². The minimum atomic E-state index is -0.449. The summed E-state index contributed by atoms with van der Waals surface area (Å²) in [6.45, 7) is 8.43. The maximum absolute atomic E-state index is 11.5. The van der Waals surface area contributed by atoms with E-state index in [0.717, 1.165) is 19.5 Å². The van der Waals surface area contributed by atoms with E-state index in [1.54, 1.807) is 18.3 Å². The van der Waals surface area contributed by atoms with Crippen molar-refractivity contribution in [3.05, 3.63) is 23.9 Å². The number of hydrogen-bond acceptors (Lipinski definition) is 4. The number of aromatic nitrogens is 1. The first kappa shape index (κ1) is 15.4. The zero-order valence-electron chi connectivity index (χ0n) is 12.0. The van der Waals surface area contributed by atoms with Crippen LogP contribution in [-0.2, 0) is 0 Å². The quantitative estimate of drug-likeness (QED) is 0.779. The third-order valence-corrected chi connectivity index (χ3v) is 3.02. The Morgan fingerprint density at radius 1 is 1.47 bits per heavy atom. The van der Waals surface area contributed by atoms with Crippen LogP contribution in [0.15, 0.2) is 18.3 Å². The summed E-state index contributed by atoms with van der Waals surface area (Å²) in [5.74, 6) is 0.202. The zero-order chi connectivity index (χ0) is 14.5. The molecule has 0 aliphatic heterocycles. The standard InChI is InChI=1S/C14H24N4O/c1-4-8-18(10-14(2,3)9-15)13-11(12(16)19)6-5-7-17-13/h5-7H,4,8-10,15H2,1-3H3,(H2,16,19). The number of nitrogens with two attached hydrogens (primary N) is 2. The van der Waals surface area contributed by atoms with Gasteiger partial charge in [0.15, 0.2) is 0 Å². The SMILES string of the molecule is CCCN(CC(C)(C)CN)c1ncccc1C(N)=O. The molecule has 0 spiro atoms. The van der Waals surface area contributed by atoms with Gasteiger partial charge in [0, 0.05) is 19.3 Å². The van der Waals surface area contributed by atoms with E-state index in [9.17, 15) is 4.79 Å². The first-order valence-corrected chi connectivity index (χ1v) is 6.61. The number of pyridine rings is 1. The number of amides is 1. The molecule has 0 radical (unpaired) electrons. The first-order valence-electron chi connectivity index (χ1n) is 6.61. The summed E-state index contributed by atoms with van der Waals surface area (Å²) in [5, 5.41) is 0. The van der Waals surface area contributed by atoms with Crippen LogP contribution >= 0.6 is 0 Å². The van der Waals surface area contributed by atoms with Crippen molar-refractivity contribution in [3.63, 3.8) is 0 Å². The normalized spacial score (nSPS) is 11.4. The van der Waals surface area contributed by atoms with Gasteiger partial charge in [-0.25, -0.2) is 4.98 Å². The number of primary amides is 1.